The van der Waals surface area contributed by atoms with Crippen LogP contribution in [0.25, 0.3) is 22.1 Å². The molecule has 166 valence electrons. The molecule has 1 aliphatic heterocycles. The van der Waals surface area contributed by atoms with Crippen LogP contribution in [0.4, 0.5) is 5.82 Å². The van der Waals surface area contributed by atoms with Crippen LogP contribution in [-0.4, -0.2) is 63.2 Å². The van der Waals surface area contributed by atoms with Crippen molar-refractivity contribution in [2.75, 3.05) is 38.6 Å². The number of rotatable bonds is 9. The number of hydrogen-bond donors (Lipinski definition) is 1. The number of nitrogens with zero attached hydrogens (tertiary/aromatic N) is 5. The molecular formula is C22H30N6O3. The summed E-state index contributed by atoms with van der Waals surface area (Å²) in [5.74, 6) is 1.46. The number of unbranched alkanes of at least 4 members (excludes halogenated alkanes) is 2. The average molecular weight is 427 g/mol. The van der Waals surface area contributed by atoms with Gasteiger partial charge in [0.25, 0.3) is 0 Å². The Morgan fingerprint density at radius 3 is 2.84 bits per heavy atom. The summed E-state index contributed by atoms with van der Waals surface area (Å²) in [5, 5.41) is 0. The molecule has 0 saturated carbocycles. The average Bonchev–Trinajstić information content (AvgIpc) is 3.17. The van der Waals surface area contributed by atoms with Crippen LogP contribution in [0.2, 0.25) is 0 Å². The van der Waals surface area contributed by atoms with Gasteiger partial charge in [-0.2, -0.15) is 0 Å². The van der Waals surface area contributed by atoms with E-state index in [2.05, 4.69) is 14.5 Å². The van der Waals surface area contributed by atoms with Crippen LogP contribution in [0.15, 0.2) is 18.3 Å². The Morgan fingerprint density at radius 2 is 2.03 bits per heavy atom. The fraction of sp³-hybridized carbons (Fsp3) is 0.545. The van der Waals surface area contributed by atoms with Crippen molar-refractivity contribution in [3.63, 3.8) is 0 Å². The highest BCUT2D eigenvalue weighted by Gasteiger charge is 2.19. The van der Waals surface area contributed by atoms with Crippen molar-refractivity contribution in [2.24, 2.45) is 0 Å². The zero-order chi connectivity index (χ0) is 21.6. The molecule has 31 heavy (non-hydrogen) atoms. The molecule has 9 heteroatoms. The zero-order valence-electron chi connectivity index (χ0n) is 18.0. The maximum atomic E-state index is 12.3. The Labute approximate surface area is 181 Å². The molecule has 3 aromatic rings. The van der Waals surface area contributed by atoms with Crippen molar-refractivity contribution in [2.45, 2.75) is 45.8 Å². The van der Waals surface area contributed by atoms with Crippen LogP contribution >= 0.6 is 0 Å². The molecule has 0 unspecified atom stereocenters. The van der Waals surface area contributed by atoms with Crippen LogP contribution in [0, 0.1) is 0 Å². The van der Waals surface area contributed by atoms with Crippen molar-refractivity contribution in [1.82, 2.24) is 24.4 Å². The Hall–Kier alpha value is -2.78. The van der Waals surface area contributed by atoms with Crippen LogP contribution in [-0.2, 0) is 27.4 Å². The van der Waals surface area contributed by atoms with E-state index >= 15 is 0 Å². The third kappa shape index (κ3) is 4.77. The summed E-state index contributed by atoms with van der Waals surface area (Å²) in [5.41, 5.74) is 9.33. The molecule has 4 rings (SSSR count). The summed E-state index contributed by atoms with van der Waals surface area (Å²) in [6.07, 6.45) is 5.09. The van der Waals surface area contributed by atoms with Gasteiger partial charge in [0, 0.05) is 38.9 Å². The number of morpholine rings is 1. The van der Waals surface area contributed by atoms with Crippen molar-refractivity contribution < 1.29 is 14.3 Å². The fourth-order valence-electron chi connectivity index (χ4n) is 4.01. The number of carbonyl (C=O) groups excluding carboxylic acids is 1. The molecule has 9 nitrogen and oxygen atoms in total. The number of amides is 1. The molecule has 2 N–H and O–H groups in total. The molecule has 1 aliphatic rings. The number of pyridine rings is 2. The minimum Gasteiger partial charge on any atom is -0.382 e. The van der Waals surface area contributed by atoms with Crippen molar-refractivity contribution in [3.8, 4) is 0 Å². The predicted octanol–water partition coefficient (Wildman–Crippen LogP) is 2.52. The lowest BCUT2D eigenvalue weighted by Crippen LogP contribution is -2.40. The molecular weight excluding hydrogens is 396 g/mol. The monoisotopic (exact) mass is 426 g/mol. The van der Waals surface area contributed by atoms with Gasteiger partial charge in [-0.25, -0.2) is 9.97 Å². The lowest BCUT2D eigenvalue weighted by atomic mass is 10.1. The van der Waals surface area contributed by atoms with Gasteiger partial charge in [-0.1, -0.05) is 6.42 Å². The lowest BCUT2D eigenvalue weighted by Gasteiger charge is -2.26. The first-order chi connectivity index (χ1) is 15.2. The first-order valence-corrected chi connectivity index (χ1v) is 11.0. The largest absolute Gasteiger partial charge is 0.382 e. The number of imidazole rings is 1. The number of carbonyl (C=O) groups is 1. The summed E-state index contributed by atoms with van der Waals surface area (Å²) in [6, 6.07) is 3.77. The van der Waals surface area contributed by atoms with E-state index in [1.807, 2.05) is 24.0 Å². The van der Waals surface area contributed by atoms with E-state index in [0.29, 0.717) is 57.3 Å². The lowest BCUT2D eigenvalue weighted by molar-refractivity contribution is -0.135. The number of ether oxygens (including phenoxy) is 2. The quantitative estimate of drug-likeness (QED) is 0.524. The molecule has 1 amide bonds. The molecule has 1 fully saturated rings. The molecule has 0 aliphatic carbocycles. The minimum absolute atomic E-state index is 0.224. The number of aryl methyl sites for hydroxylation is 1. The third-order valence-electron chi connectivity index (χ3n) is 5.61. The second-order valence-electron chi connectivity index (χ2n) is 7.69. The zero-order valence-corrected chi connectivity index (χ0v) is 18.0. The summed E-state index contributed by atoms with van der Waals surface area (Å²) < 4.78 is 13.1. The maximum absolute atomic E-state index is 12.3. The smallest absolute Gasteiger partial charge is 0.222 e. The second kappa shape index (κ2) is 10.0. The van der Waals surface area contributed by atoms with Gasteiger partial charge in [0.1, 0.15) is 29.0 Å². The standard InChI is InChI=1S/C22H30N6O3/c1-2-30-15-17-26-20-21(19-16(25-22(20)23)7-6-9-24-19)28(17)10-5-3-4-8-18(29)27-11-13-31-14-12-27/h6-7,9H,2-5,8,10-15H2,1H3,(H2,23,25). The Balaban J connectivity index is 1.47. The number of aromatic nitrogens is 4. The highest BCUT2D eigenvalue weighted by atomic mass is 16.5. The highest BCUT2D eigenvalue weighted by molar-refractivity contribution is 6.04. The summed E-state index contributed by atoms with van der Waals surface area (Å²) in [7, 11) is 0. The maximum Gasteiger partial charge on any atom is 0.222 e. The van der Waals surface area contributed by atoms with Gasteiger partial charge in [-0.3, -0.25) is 9.78 Å². The molecule has 4 heterocycles. The molecule has 0 aromatic carbocycles. The predicted molar refractivity (Wildman–Crippen MR) is 118 cm³/mol. The van der Waals surface area contributed by atoms with Gasteiger partial charge in [0.2, 0.25) is 5.91 Å². The summed E-state index contributed by atoms with van der Waals surface area (Å²) in [4.78, 5) is 28.0. The number of hydrogen-bond acceptors (Lipinski definition) is 7. The van der Waals surface area contributed by atoms with E-state index in [1.54, 1.807) is 6.20 Å². The van der Waals surface area contributed by atoms with Crippen LogP contribution in [0.1, 0.15) is 38.4 Å². The first-order valence-electron chi connectivity index (χ1n) is 11.0. The molecule has 0 bridgehead atoms. The second-order valence-corrected chi connectivity index (χ2v) is 7.69. The number of fused-ring (bicyclic) bond motifs is 3. The first kappa shape index (κ1) is 21.5. The van der Waals surface area contributed by atoms with Gasteiger partial charge in [0.15, 0.2) is 5.82 Å². The SMILES string of the molecule is CCOCc1nc2c(N)nc3cccnc3c2n1CCCCCC(=O)N1CCOCC1. The summed E-state index contributed by atoms with van der Waals surface area (Å²) in [6.45, 7) is 6.44. The summed E-state index contributed by atoms with van der Waals surface area (Å²) >= 11 is 0. The Morgan fingerprint density at radius 1 is 1.19 bits per heavy atom. The highest BCUT2D eigenvalue weighted by Crippen LogP contribution is 2.28. The molecule has 3 aromatic heterocycles. The van der Waals surface area contributed by atoms with E-state index in [1.165, 1.54) is 0 Å². The van der Waals surface area contributed by atoms with E-state index in [4.69, 9.17) is 20.2 Å². The Kier molecular flexibility index (Phi) is 6.93. The number of anilines is 1. The van der Waals surface area contributed by atoms with E-state index in [-0.39, 0.29) is 5.91 Å². The number of nitrogen functional groups attached to an aromatic ring is 1. The van der Waals surface area contributed by atoms with E-state index in [9.17, 15) is 4.79 Å². The minimum atomic E-state index is 0.224. The number of nitrogens with two attached hydrogens (primary N) is 1. The normalized spacial score (nSPS) is 14.5. The van der Waals surface area contributed by atoms with Gasteiger partial charge in [0.05, 0.1) is 18.7 Å². The van der Waals surface area contributed by atoms with E-state index < -0.39 is 0 Å². The fourth-order valence-corrected chi connectivity index (χ4v) is 4.01. The third-order valence-corrected chi connectivity index (χ3v) is 5.61. The van der Waals surface area contributed by atoms with Gasteiger partial charge >= 0.3 is 0 Å². The van der Waals surface area contributed by atoms with Crippen molar-refractivity contribution >= 4 is 33.8 Å². The van der Waals surface area contributed by atoms with Crippen molar-refractivity contribution in [1.29, 1.82) is 0 Å². The molecule has 1 saturated heterocycles. The van der Waals surface area contributed by atoms with Crippen LogP contribution < -0.4 is 5.73 Å². The molecule has 0 spiro atoms. The van der Waals surface area contributed by atoms with Gasteiger partial charge in [-0.15, -0.1) is 0 Å². The Bertz CT molecular complexity index is 1040. The van der Waals surface area contributed by atoms with Crippen LogP contribution in [0.3, 0.4) is 0 Å². The van der Waals surface area contributed by atoms with Gasteiger partial charge < -0.3 is 24.7 Å². The van der Waals surface area contributed by atoms with E-state index in [0.717, 1.165) is 48.2 Å². The van der Waals surface area contributed by atoms with Crippen LogP contribution in [0.5, 0.6) is 0 Å². The van der Waals surface area contributed by atoms with Gasteiger partial charge in [-0.05, 0) is 31.9 Å². The topological polar surface area (TPSA) is 108 Å². The van der Waals surface area contributed by atoms with Crippen molar-refractivity contribution in [3.05, 3.63) is 24.2 Å². The molecule has 0 radical (unpaired) electrons. The molecule has 0 atom stereocenters.